The molecule has 0 aromatic carbocycles. The number of thioether (sulfide) groups is 1. The van der Waals surface area contributed by atoms with Gasteiger partial charge in [0.15, 0.2) is 5.16 Å². The summed E-state index contributed by atoms with van der Waals surface area (Å²) in [6, 6.07) is -0.401. The van der Waals surface area contributed by atoms with Gasteiger partial charge in [-0.15, -0.1) is 10.2 Å². The molecule has 1 fully saturated rings. The van der Waals surface area contributed by atoms with Crippen LogP contribution in [0.15, 0.2) is 11.5 Å². The minimum atomic E-state index is -1.01. The number of carboxylic acid groups (broad SMARTS) is 1. The minimum Gasteiger partial charge on any atom is -0.480 e. The number of aromatic nitrogens is 3. The van der Waals surface area contributed by atoms with Crippen LogP contribution in [0.5, 0.6) is 0 Å². The monoisotopic (exact) mass is 298 g/mol. The first-order valence-corrected chi connectivity index (χ1v) is 7.52. The lowest BCUT2D eigenvalue weighted by molar-refractivity contribution is -0.142. The largest absolute Gasteiger partial charge is 0.480 e. The molecule has 1 heterocycles. The highest BCUT2D eigenvalue weighted by Crippen LogP contribution is 2.37. The van der Waals surface area contributed by atoms with Gasteiger partial charge in [-0.05, 0) is 18.8 Å². The fourth-order valence-electron chi connectivity index (χ4n) is 1.80. The minimum absolute atomic E-state index is 0.141. The smallest absolute Gasteiger partial charge is 0.326 e. The van der Waals surface area contributed by atoms with E-state index in [0.717, 1.165) is 12.8 Å². The van der Waals surface area contributed by atoms with E-state index in [0.29, 0.717) is 11.2 Å². The van der Waals surface area contributed by atoms with Crippen molar-refractivity contribution >= 4 is 23.6 Å². The Morgan fingerprint density at radius 1 is 1.55 bits per heavy atom. The first-order valence-electron chi connectivity index (χ1n) is 6.53. The van der Waals surface area contributed by atoms with E-state index in [1.165, 1.54) is 11.8 Å². The molecule has 0 radical (unpaired) electrons. The van der Waals surface area contributed by atoms with Gasteiger partial charge in [0.25, 0.3) is 0 Å². The molecule has 1 aliphatic rings. The van der Waals surface area contributed by atoms with Gasteiger partial charge in [0.05, 0.1) is 5.75 Å². The SMILES string of the molecule is CC(C)[C@H](NC(=O)CSc1nncn1C1CC1)C(=O)O. The Hall–Kier alpha value is -1.57. The van der Waals surface area contributed by atoms with Crippen molar-refractivity contribution in [3.63, 3.8) is 0 Å². The average Bonchev–Trinajstić information content (AvgIpc) is 3.12. The first kappa shape index (κ1) is 14.8. The van der Waals surface area contributed by atoms with E-state index in [9.17, 15) is 9.59 Å². The van der Waals surface area contributed by atoms with E-state index in [-0.39, 0.29) is 17.6 Å². The fraction of sp³-hybridized carbons (Fsp3) is 0.667. The summed E-state index contributed by atoms with van der Waals surface area (Å²) in [5.74, 6) is -1.33. The standard InChI is InChI=1S/C12H18N4O3S/c1-7(2)10(11(18)19)14-9(17)5-20-12-15-13-6-16(12)8-3-4-8/h6-8,10H,3-5H2,1-2H3,(H,14,17)(H,18,19)/t10-/m0/s1. The van der Waals surface area contributed by atoms with E-state index in [1.54, 1.807) is 20.2 Å². The maximum Gasteiger partial charge on any atom is 0.326 e. The normalized spacial score (nSPS) is 16.1. The Bertz CT molecular complexity index is 499. The molecule has 0 saturated heterocycles. The molecule has 2 rings (SSSR count). The highest BCUT2D eigenvalue weighted by molar-refractivity contribution is 7.99. The van der Waals surface area contributed by atoms with Gasteiger partial charge >= 0.3 is 5.97 Å². The van der Waals surface area contributed by atoms with Gasteiger partial charge in [-0.25, -0.2) is 4.79 Å². The molecule has 1 aromatic rings. The molecule has 0 aliphatic heterocycles. The van der Waals surface area contributed by atoms with Gasteiger partial charge in [0.1, 0.15) is 12.4 Å². The van der Waals surface area contributed by atoms with Crippen molar-refractivity contribution in [2.75, 3.05) is 5.75 Å². The van der Waals surface area contributed by atoms with E-state index in [4.69, 9.17) is 5.11 Å². The Labute approximate surface area is 121 Å². The number of aliphatic carboxylic acids is 1. The average molecular weight is 298 g/mol. The van der Waals surface area contributed by atoms with Gasteiger partial charge in [0.2, 0.25) is 5.91 Å². The third-order valence-electron chi connectivity index (χ3n) is 3.06. The highest BCUT2D eigenvalue weighted by Gasteiger charge is 2.27. The van der Waals surface area contributed by atoms with Gasteiger partial charge < -0.3 is 15.0 Å². The lowest BCUT2D eigenvalue weighted by atomic mass is 10.1. The molecule has 1 aromatic heterocycles. The fourth-order valence-corrected chi connectivity index (χ4v) is 2.59. The Kier molecular flexibility index (Phi) is 4.64. The summed E-state index contributed by atoms with van der Waals surface area (Å²) in [6.07, 6.45) is 3.91. The molecule has 0 unspecified atom stereocenters. The summed E-state index contributed by atoms with van der Waals surface area (Å²) in [7, 11) is 0. The van der Waals surface area contributed by atoms with Crippen molar-refractivity contribution in [3.05, 3.63) is 6.33 Å². The molecule has 1 amide bonds. The van der Waals surface area contributed by atoms with E-state index < -0.39 is 12.0 Å². The third-order valence-corrected chi connectivity index (χ3v) is 4.02. The Morgan fingerprint density at radius 3 is 2.80 bits per heavy atom. The Morgan fingerprint density at radius 2 is 2.25 bits per heavy atom. The van der Waals surface area contributed by atoms with E-state index >= 15 is 0 Å². The van der Waals surface area contributed by atoms with Gasteiger partial charge in [-0.2, -0.15) is 0 Å². The van der Waals surface area contributed by atoms with Gasteiger partial charge in [-0.1, -0.05) is 25.6 Å². The number of nitrogens with zero attached hydrogens (tertiary/aromatic N) is 3. The number of carbonyl (C=O) groups is 2. The van der Waals surface area contributed by atoms with Crippen LogP contribution in [0.1, 0.15) is 32.7 Å². The molecule has 20 heavy (non-hydrogen) atoms. The molecule has 0 bridgehead atoms. The molecule has 110 valence electrons. The maximum absolute atomic E-state index is 11.8. The molecular weight excluding hydrogens is 280 g/mol. The van der Waals surface area contributed by atoms with Crippen LogP contribution in [0.2, 0.25) is 0 Å². The zero-order valence-electron chi connectivity index (χ0n) is 11.4. The predicted molar refractivity (Wildman–Crippen MR) is 73.4 cm³/mol. The topological polar surface area (TPSA) is 97.1 Å². The molecule has 1 aliphatic carbocycles. The number of amides is 1. The summed E-state index contributed by atoms with van der Waals surface area (Å²) >= 11 is 1.28. The summed E-state index contributed by atoms with van der Waals surface area (Å²) in [4.78, 5) is 22.8. The quantitative estimate of drug-likeness (QED) is 0.727. The number of hydrogen-bond donors (Lipinski definition) is 2. The van der Waals surface area contributed by atoms with Crippen LogP contribution in [-0.2, 0) is 9.59 Å². The number of nitrogens with one attached hydrogen (secondary N) is 1. The summed E-state index contributed by atoms with van der Waals surface area (Å²) < 4.78 is 1.97. The van der Waals surface area contributed by atoms with Crippen LogP contribution in [0, 0.1) is 5.92 Å². The Balaban J connectivity index is 1.85. The summed E-state index contributed by atoms with van der Waals surface area (Å²) in [5, 5.41) is 20.1. The van der Waals surface area contributed by atoms with E-state index in [2.05, 4.69) is 15.5 Å². The zero-order valence-corrected chi connectivity index (χ0v) is 12.3. The van der Waals surface area contributed by atoms with Crippen molar-refractivity contribution in [2.24, 2.45) is 5.92 Å². The van der Waals surface area contributed by atoms with Crippen molar-refractivity contribution in [1.29, 1.82) is 0 Å². The van der Waals surface area contributed by atoms with E-state index in [1.807, 2.05) is 4.57 Å². The third kappa shape index (κ3) is 3.72. The molecule has 1 saturated carbocycles. The lowest BCUT2D eigenvalue weighted by Gasteiger charge is -2.17. The molecule has 0 spiro atoms. The second kappa shape index (κ2) is 6.25. The van der Waals surface area contributed by atoms with Crippen molar-refractivity contribution in [1.82, 2.24) is 20.1 Å². The molecule has 7 nitrogen and oxygen atoms in total. The summed E-state index contributed by atoms with van der Waals surface area (Å²) in [6.45, 7) is 3.52. The highest BCUT2D eigenvalue weighted by atomic mass is 32.2. The number of hydrogen-bond acceptors (Lipinski definition) is 5. The second-order valence-electron chi connectivity index (χ2n) is 5.17. The van der Waals surface area contributed by atoms with Crippen LogP contribution >= 0.6 is 11.8 Å². The maximum atomic E-state index is 11.8. The summed E-state index contributed by atoms with van der Waals surface area (Å²) in [5.41, 5.74) is 0. The van der Waals surface area contributed by atoms with Crippen LogP contribution in [0.4, 0.5) is 0 Å². The van der Waals surface area contributed by atoms with Crippen molar-refractivity contribution in [2.45, 2.75) is 43.9 Å². The van der Waals surface area contributed by atoms with Gasteiger partial charge in [0, 0.05) is 6.04 Å². The number of rotatable bonds is 7. The zero-order chi connectivity index (χ0) is 14.7. The van der Waals surface area contributed by atoms with Crippen LogP contribution < -0.4 is 5.32 Å². The number of carboxylic acids is 1. The molecule has 8 heteroatoms. The van der Waals surface area contributed by atoms with Crippen LogP contribution in [0.25, 0.3) is 0 Å². The second-order valence-corrected chi connectivity index (χ2v) is 6.11. The molecule has 1 atom stereocenters. The number of carbonyl (C=O) groups excluding carboxylic acids is 1. The van der Waals surface area contributed by atoms with Crippen LogP contribution in [-0.4, -0.2) is 43.5 Å². The van der Waals surface area contributed by atoms with Crippen LogP contribution in [0.3, 0.4) is 0 Å². The van der Waals surface area contributed by atoms with Crippen molar-refractivity contribution < 1.29 is 14.7 Å². The first-order chi connectivity index (χ1) is 9.49. The lowest BCUT2D eigenvalue weighted by Crippen LogP contribution is -2.45. The van der Waals surface area contributed by atoms with Crippen molar-refractivity contribution in [3.8, 4) is 0 Å². The predicted octanol–water partition coefficient (Wildman–Crippen LogP) is 0.930. The van der Waals surface area contributed by atoms with Gasteiger partial charge in [-0.3, -0.25) is 4.79 Å². The molecule has 2 N–H and O–H groups in total. The molecular formula is C12H18N4O3S.